The lowest BCUT2D eigenvalue weighted by molar-refractivity contribution is 1.17. The Morgan fingerprint density at radius 1 is 0.955 bits per heavy atom. The van der Waals surface area contributed by atoms with Crippen LogP contribution in [0.4, 0.5) is 0 Å². The van der Waals surface area contributed by atoms with Crippen LogP contribution in [0.25, 0.3) is 33.6 Å². The zero-order chi connectivity index (χ0) is 15.1. The van der Waals surface area contributed by atoms with E-state index in [9.17, 15) is 0 Å². The fraction of sp³-hybridized carbons (Fsp3) is 0.0500. The monoisotopic (exact) mass is 284 g/mol. The van der Waals surface area contributed by atoms with Gasteiger partial charge >= 0.3 is 0 Å². The van der Waals surface area contributed by atoms with Crippen LogP contribution in [-0.2, 0) is 0 Å². The molecule has 2 nitrogen and oxygen atoms in total. The SMILES string of the molecule is C=Cc1ccc(-n2c3ccncc3c3cc(C)ccc32)cc1. The molecule has 0 radical (unpaired) electrons. The molecule has 0 bridgehead atoms. The van der Waals surface area contributed by atoms with E-state index < -0.39 is 0 Å². The van der Waals surface area contributed by atoms with E-state index >= 15 is 0 Å². The van der Waals surface area contributed by atoms with Crippen LogP contribution in [0.2, 0.25) is 0 Å². The minimum atomic E-state index is 1.13. The fourth-order valence-electron chi connectivity index (χ4n) is 3.02. The molecule has 0 aliphatic rings. The minimum Gasteiger partial charge on any atom is -0.309 e. The van der Waals surface area contributed by atoms with Gasteiger partial charge in [0.25, 0.3) is 0 Å². The van der Waals surface area contributed by atoms with Crippen molar-refractivity contribution in [3.63, 3.8) is 0 Å². The predicted octanol–water partition coefficient (Wildman–Crippen LogP) is 5.13. The lowest BCUT2D eigenvalue weighted by Crippen LogP contribution is -1.93. The highest BCUT2D eigenvalue weighted by atomic mass is 15.0. The number of nitrogens with zero attached hydrogens (tertiary/aromatic N) is 2. The Kier molecular flexibility index (Phi) is 2.83. The molecule has 4 aromatic rings. The first-order valence-corrected chi connectivity index (χ1v) is 7.35. The lowest BCUT2D eigenvalue weighted by Gasteiger charge is -2.08. The van der Waals surface area contributed by atoms with Crippen LogP contribution >= 0.6 is 0 Å². The topological polar surface area (TPSA) is 17.8 Å². The van der Waals surface area contributed by atoms with E-state index in [4.69, 9.17) is 0 Å². The number of hydrogen-bond acceptors (Lipinski definition) is 1. The van der Waals surface area contributed by atoms with Gasteiger partial charge in [-0.1, -0.05) is 36.4 Å². The first-order chi connectivity index (χ1) is 10.8. The minimum absolute atomic E-state index is 1.13. The van der Waals surface area contributed by atoms with Gasteiger partial charge in [0.15, 0.2) is 0 Å². The van der Waals surface area contributed by atoms with Crippen molar-refractivity contribution >= 4 is 27.9 Å². The van der Waals surface area contributed by atoms with Gasteiger partial charge in [0.1, 0.15) is 0 Å². The molecule has 0 spiro atoms. The molecular formula is C20H16N2. The zero-order valence-electron chi connectivity index (χ0n) is 12.5. The van der Waals surface area contributed by atoms with E-state index in [-0.39, 0.29) is 0 Å². The standard InChI is InChI=1S/C20H16N2/c1-3-15-5-7-16(8-6-15)22-19-9-4-14(2)12-17(19)18-13-21-11-10-20(18)22/h3-13H,1H2,2H3. The molecular weight excluding hydrogens is 268 g/mol. The largest absolute Gasteiger partial charge is 0.309 e. The number of hydrogen-bond donors (Lipinski definition) is 0. The number of aromatic nitrogens is 2. The Morgan fingerprint density at radius 2 is 1.73 bits per heavy atom. The van der Waals surface area contributed by atoms with Crippen LogP contribution in [0.3, 0.4) is 0 Å². The maximum absolute atomic E-state index is 4.30. The summed E-state index contributed by atoms with van der Waals surface area (Å²) in [5, 5.41) is 2.44. The van der Waals surface area contributed by atoms with Crippen molar-refractivity contribution in [1.82, 2.24) is 9.55 Å². The second kappa shape index (κ2) is 4.85. The van der Waals surface area contributed by atoms with Gasteiger partial charge in [0.05, 0.1) is 11.0 Å². The van der Waals surface area contributed by atoms with Crippen LogP contribution in [0.5, 0.6) is 0 Å². The number of fused-ring (bicyclic) bond motifs is 3. The van der Waals surface area contributed by atoms with Gasteiger partial charge in [-0.15, -0.1) is 0 Å². The average molecular weight is 284 g/mol. The molecule has 0 saturated heterocycles. The molecule has 4 rings (SSSR count). The summed E-state index contributed by atoms with van der Waals surface area (Å²) in [6.07, 6.45) is 5.66. The van der Waals surface area contributed by atoms with Gasteiger partial charge in [0.2, 0.25) is 0 Å². The van der Waals surface area contributed by atoms with E-state index in [1.807, 2.05) is 18.5 Å². The highest BCUT2D eigenvalue weighted by Crippen LogP contribution is 2.31. The van der Waals surface area contributed by atoms with Crippen molar-refractivity contribution in [1.29, 1.82) is 0 Å². The first kappa shape index (κ1) is 12.8. The Labute approximate surface area is 129 Å². The second-order valence-electron chi connectivity index (χ2n) is 5.54. The normalized spacial score (nSPS) is 11.1. The van der Waals surface area contributed by atoms with Crippen molar-refractivity contribution in [2.24, 2.45) is 0 Å². The highest BCUT2D eigenvalue weighted by molar-refractivity contribution is 6.09. The molecule has 0 fully saturated rings. The number of aryl methyl sites for hydroxylation is 1. The number of rotatable bonds is 2. The summed E-state index contributed by atoms with van der Waals surface area (Å²) in [6.45, 7) is 5.94. The van der Waals surface area contributed by atoms with Gasteiger partial charge in [-0.3, -0.25) is 4.98 Å². The molecule has 0 aliphatic heterocycles. The first-order valence-electron chi connectivity index (χ1n) is 7.35. The van der Waals surface area contributed by atoms with Crippen LogP contribution in [0, 0.1) is 6.92 Å². The van der Waals surface area contributed by atoms with Crippen molar-refractivity contribution < 1.29 is 0 Å². The van der Waals surface area contributed by atoms with Gasteiger partial charge < -0.3 is 4.57 Å². The average Bonchev–Trinajstić information content (AvgIpc) is 2.89. The Bertz CT molecular complexity index is 992. The van der Waals surface area contributed by atoms with E-state index in [0.29, 0.717) is 0 Å². The van der Waals surface area contributed by atoms with Gasteiger partial charge in [-0.2, -0.15) is 0 Å². The van der Waals surface area contributed by atoms with Gasteiger partial charge in [0, 0.05) is 28.9 Å². The molecule has 2 aromatic heterocycles. The second-order valence-corrected chi connectivity index (χ2v) is 5.54. The summed E-state index contributed by atoms with van der Waals surface area (Å²) < 4.78 is 2.29. The highest BCUT2D eigenvalue weighted by Gasteiger charge is 2.11. The maximum Gasteiger partial charge on any atom is 0.0571 e. The Balaban J connectivity index is 2.11. The number of pyridine rings is 1. The molecule has 22 heavy (non-hydrogen) atoms. The molecule has 0 atom stereocenters. The predicted molar refractivity (Wildman–Crippen MR) is 93.4 cm³/mol. The Hall–Kier alpha value is -2.87. The van der Waals surface area contributed by atoms with Crippen LogP contribution < -0.4 is 0 Å². The lowest BCUT2D eigenvalue weighted by atomic mass is 10.1. The van der Waals surface area contributed by atoms with E-state index in [1.165, 1.54) is 27.4 Å². The van der Waals surface area contributed by atoms with Crippen LogP contribution in [-0.4, -0.2) is 9.55 Å². The summed E-state index contributed by atoms with van der Waals surface area (Å²) in [6, 6.07) is 17.1. The van der Waals surface area contributed by atoms with Crippen molar-refractivity contribution in [2.45, 2.75) is 6.92 Å². The Morgan fingerprint density at radius 3 is 2.50 bits per heavy atom. The van der Waals surface area contributed by atoms with E-state index in [0.717, 1.165) is 11.3 Å². The third-order valence-electron chi connectivity index (χ3n) is 4.11. The van der Waals surface area contributed by atoms with Crippen LogP contribution in [0.15, 0.2) is 67.5 Å². The quantitative estimate of drug-likeness (QED) is 0.499. The summed E-state index contributed by atoms with van der Waals surface area (Å²) in [4.78, 5) is 4.30. The zero-order valence-corrected chi connectivity index (χ0v) is 12.5. The molecule has 0 aliphatic carbocycles. The molecule has 2 aromatic carbocycles. The van der Waals surface area contributed by atoms with Crippen molar-refractivity contribution in [2.75, 3.05) is 0 Å². The summed E-state index contributed by atoms with van der Waals surface area (Å²) in [5.41, 5.74) is 5.93. The smallest absolute Gasteiger partial charge is 0.0571 e. The summed E-state index contributed by atoms with van der Waals surface area (Å²) >= 11 is 0. The van der Waals surface area contributed by atoms with E-state index in [1.54, 1.807) is 0 Å². The third kappa shape index (κ3) is 1.85. The van der Waals surface area contributed by atoms with Crippen molar-refractivity contribution in [3.05, 3.63) is 78.6 Å². The molecule has 0 amide bonds. The van der Waals surface area contributed by atoms with Crippen molar-refractivity contribution in [3.8, 4) is 5.69 Å². The van der Waals surface area contributed by atoms with E-state index in [2.05, 4.69) is 71.6 Å². The molecule has 0 N–H and O–H groups in total. The molecule has 2 heterocycles. The summed E-state index contributed by atoms with van der Waals surface area (Å²) in [5.74, 6) is 0. The molecule has 106 valence electrons. The molecule has 0 saturated carbocycles. The van der Waals surface area contributed by atoms with Gasteiger partial charge in [-0.05, 0) is 42.8 Å². The molecule has 0 unspecified atom stereocenters. The fourth-order valence-corrected chi connectivity index (χ4v) is 3.02. The summed E-state index contributed by atoms with van der Waals surface area (Å²) in [7, 11) is 0. The van der Waals surface area contributed by atoms with Crippen LogP contribution in [0.1, 0.15) is 11.1 Å². The molecule has 2 heteroatoms. The van der Waals surface area contributed by atoms with Gasteiger partial charge in [-0.25, -0.2) is 0 Å². The third-order valence-corrected chi connectivity index (χ3v) is 4.11. The number of benzene rings is 2. The maximum atomic E-state index is 4.30.